The van der Waals surface area contributed by atoms with Crippen LogP contribution in [0.2, 0.25) is 0 Å². The first-order valence-corrected chi connectivity index (χ1v) is 11.6. The van der Waals surface area contributed by atoms with Gasteiger partial charge in [-0.25, -0.2) is 22.3 Å². The van der Waals surface area contributed by atoms with Crippen molar-refractivity contribution in [3.63, 3.8) is 0 Å². The van der Waals surface area contributed by atoms with E-state index in [1.165, 1.54) is 12.1 Å². The summed E-state index contributed by atoms with van der Waals surface area (Å²) in [6.45, 7) is 1.93. The fraction of sp³-hybridized carbons (Fsp3) is 0.381. The monoisotopic (exact) mass is 428 g/mol. The minimum absolute atomic E-state index is 0.0318. The summed E-state index contributed by atoms with van der Waals surface area (Å²) in [5, 5.41) is 4.55. The number of fused-ring (bicyclic) bond motifs is 6. The lowest BCUT2D eigenvalue weighted by Crippen LogP contribution is -2.43. The standard InChI is InChI=1S/C21H21FN4O3S/c1-13-10-20-23-12-17-18-7-4-15(11-19(17)26(20)24-13)25(18)21(27)8-9-30(28,29)16-5-2-14(22)3-6-16/h2-3,5-6,10,12,15,18H,4,7-9,11H2,1H3. The van der Waals surface area contributed by atoms with Crippen molar-refractivity contribution >= 4 is 21.4 Å². The third-order valence-corrected chi connectivity index (χ3v) is 7.81. The molecule has 1 amide bonds. The quantitative estimate of drug-likeness (QED) is 0.597. The predicted octanol–water partition coefficient (Wildman–Crippen LogP) is 2.63. The molecule has 0 saturated carbocycles. The number of carbonyl (C=O) groups excluding carboxylic acids is 1. The van der Waals surface area contributed by atoms with Crippen molar-refractivity contribution < 1.29 is 17.6 Å². The largest absolute Gasteiger partial charge is 0.332 e. The summed E-state index contributed by atoms with van der Waals surface area (Å²) in [7, 11) is -3.65. The van der Waals surface area contributed by atoms with Gasteiger partial charge < -0.3 is 4.90 Å². The van der Waals surface area contributed by atoms with E-state index in [0.717, 1.165) is 47.6 Å². The Balaban J connectivity index is 1.37. The molecule has 0 spiro atoms. The number of nitrogens with zero attached hydrogens (tertiary/aromatic N) is 4. The third kappa shape index (κ3) is 3.08. The number of amides is 1. The van der Waals surface area contributed by atoms with Crippen LogP contribution in [-0.2, 0) is 21.1 Å². The Morgan fingerprint density at radius 2 is 2.00 bits per heavy atom. The first-order valence-electron chi connectivity index (χ1n) is 9.97. The number of halogens is 1. The lowest BCUT2D eigenvalue weighted by Gasteiger charge is -2.36. The van der Waals surface area contributed by atoms with Crippen molar-refractivity contribution in [3.05, 3.63) is 59.3 Å². The SMILES string of the molecule is Cc1cc2ncc3c(n2n1)CC1CCC3N1C(=O)CCS(=O)(=O)c1ccc(F)cc1. The van der Waals surface area contributed by atoms with Crippen LogP contribution in [0.5, 0.6) is 0 Å². The molecule has 3 aromatic rings. The second-order valence-corrected chi connectivity index (χ2v) is 10.1. The zero-order valence-electron chi connectivity index (χ0n) is 16.5. The number of rotatable bonds is 4. The van der Waals surface area contributed by atoms with Crippen LogP contribution in [0.1, 0.15) is 42.3 Å². The van der Waals surface area contributed by atoms with E-state index in [1.54, 1.807) is 0 Å². The van der Waals surface area contributed by atoms with E-state index in [0.29, 0.717) is 6.42 Å². The summed E-state index contributed by atoms with van der Waals surface area (Å²) in [6, 6.07) is 6.57. The number of hydrogen-bond acceptors (Lipinski definition) is 5. The van der Waals surface area contributed by atoms with E-state index in [4.69, 9.17) is 0 Å². The van der Waals surface area contributed by atoms with Gasteiger partial charge in [0.15, 0.2) is 15.5 Å². The van der Waals surface area contributed by atoms with Gasteiger partial charge >= 0.3 is 0 Å². The smallest absolute Gasteiger partial charge is 0.224 e. The van der Waals surface area contributed by atoms with Crippen LogP contribution in [0.4, 0.5) is 4.39 Å². The van der Waals surface area contributed by atoms with Crippen molar-refractivity contribution in [2.75, 3.05) is 5.75 Å². The van der Waals surface area contributed by atoms with Crippen molar-refractivity contribution in [2.45, 2.75) is 49.6 Å². The summed E-state index contributed by atoms with van der Waals surface area (Å²) in [6.07, 6.45) is 4.12. The summed E-state index contributed by atoms with van der Waals surface area (Å²) in [5.74, 6) is -0.963. The maximum Gasteiger partial charge on any atom is 0.224 e. The van der Waals surface area contributed by atoms with Gasteiger partial charge in [-0.3, -0.25) is 4.79 Å². The molecule has 2 aliphatic heterocycles. The molecule has 0 N–H and O–H groups in total. The molecule has 1 aromatic carbocycles. The second-order valence-electron chi connectivity index (χ2n) is 7.99. The van der Waals surface area contributed by atoms with Crippen LogP contribution in [-0.4, -0.2) is 45.6 Å². The van der Waals surface area contributed by atoms with Gasteiger partial charge in [0.2, 0.25) is 5.91 Å². The van der Waals surface area contributed by atoms with E-state index < -0.39 is 15.7 Å². The average Bonchev–Trinajstić information content (AvgIpc) is 3.25. The molecule has 1 saturated heterocycles. The van der Waals surface area contributed by atoms with E-state index in [2.05, 4.69) is 10.1 Å². The van der Waals surface area contributed by atoms with Gasteiger partial charge in [0.1, 0.15) is 5.82 Å². The fourth-order valence-corrected chi connectivity index (χ4v) is 5.92. The molecule has 156 valence electrons. The number of aromatic nitrogens is 3. The molecule has 4 heterocycles. The molecule has 5 rings (SSSR count). The third-order valence-electron chi connectivity index (χ3n) is 6.07. The molecule has 7 nitrogen and oxygen atoms in total. The van der Waals surface area contributed by atoms with Crippen molar-refractivity contribution in [2.24, 2.45) is 0 Å². The van der Waals surface area contributed by atoms with Crippen molar-refractivity contribution in [1.29, 1.82) is 0 Å². The van der Waals surface area contributed by atoms with Gasteiger partial charge in [0, 0.05) is 36.7 Å². The predicted molar refractivity (Wildman–Crippen MR) is 107 cm³/mol. The highest BCUT2D eigenvalue weighted by Crippen LogP contribution is 2.43. The van der Waals surface area contributed by atoms with Crippen LogP contribution in [0.3, 0.4) is 0 Å². The molecule has 2 atom stereocenters. The second kappa shape index (κ2) is 6.87. The Kier molecular flexibility index (Phi) is 4.39. The van der Waals surface area contributed by atoms with Gasteiger partial charge in [0.05, 0.1) is 28.1 Å². The summed E-state index contributed by atoms with van der Waals surface area (Å²) >= 11 is 0. The number of sulfone groups is 1. The van der Waals surface area contributed by atoms with Gasteiger partial charge in [-0.05, 0) is 44.0 Å². The maximum atomic E-state index is 13.1. The van der Waals surface area contributed by atoms with Crippen LogP contribution >= 0.6 is 0 Å². The average molecular weight is 428 g/mol. The van der Waals surface area contributed by atoms with Gasteiger partial charge in [-0.2, -0.15) is 5.10 Å². The number of aryl methyl sites for hydroxylation is 1. The number of benzene rings is 1. The summed E-state index contributed by atoms with van der Waals surface area (Å²) < 4.78 is 40.0. The first-order chi connectivity index (χ1) is 14.3. The summed E-state index contributed by atoms with van der Waals surface area (Å²) in [4.78, 5) is 19.4. The molecule has 2 unspecified atom stereocenters. The Bertz CT molecular complexity index is 1250. The minimum atomic E-state index is -3.65. The molecule has 0 radical (unpaired) electrons. The van der Waals surface area contributed by atoms with E-state index >= 15 is 0 Å². The number of carbonyl (C=O) groups is 1. The molecule has 9 heteroatoms. The lowest BCUT2D eigenvalue weighted by atomic mass is 9.99. The highest BCUT2D eigenvalue weighted by atomic mass is 32.2. The van der Waals surface area contributed by atoms with E-state index in [1.807, 2.05) is 28.6 Å². The van der Waals surface area contributed by atoms with E-state index in [9.17, 15) is 17.6 Å². The Labute approximate surface area is 173 Å². The molecule has 30 heavy (non-hydrogen) atoms. The highest BCUT2D eigenvalue weighted by Gasteiger charge is 2.43. The van der Waals surface area contributed by atoms with E-state index in [-0.39, 0.29) is 35.1 Å². The Morgan fingerprint density at radius 3 is 2.77 bits per heavy atom. The van der Waals surface area contributed by atoms with Crippen LogP contribution in [0, 0.1) is 12.7 Å². The van der Waals surface area contributed by atoms with Crippen molar-refractivity contribution in [1.82, 2.24) is 19.5 Å². The molecule has 2 bridgehead atoms. The van der Waals surface area contributed by atoms with Crippen LogP contribution < -0.4 is 0 Å². The molecule has 0 aliphatic carbocycles. The first kappa shape index (κ1) is 19.2. The lowest BCUT2D eigenvalue weighted by molar-refractivity contribution is -0.134. The zero-order chi connectivity index (χ0) is 21.0. The van der Waals surface area contributed by atoms with Gasteiger partial charge in [-0.15, -0.1) is 0 Å². The maximum absolute atomic E-state index is 13.1. The van der Waals surface area contributed by atoms with Gasteiger partial charge in [0.25, 0.3) is 0 Å². The molecule has 2 aromatic heterocycles. The number of hydrogen-bond donors (Lipinski definition) is 0. The molecule has 2 aliphatic rings. The summed E-state index contributed by atoms with van der Waals surface area (Å²) in [5.41, 5.74) is 3.78. The Hall–Kier alpha value is -2.81. The van der Waals surface area contributed by atoms with Crippen LogP contribution in [0.15, 0.2) is 41.4 Å². The van der Waals surface area contributed by atoms with Crippen LogP contribution in [0.25, 0.3) is 5.65 Å². The topological polar surface area (TPSA) is 84.6 Å². The highest BCUT2D eigenvalue weighted by molar-refractivity contribution is 7.91. The normalized spacial score (nSPS) is 20.5. The molecule has 1 fully saturated rings. The van der Waals surface area contributed by atoms with Gasteiger partial charge in [-0.1, -0.05) is 0 Å². The molecular weight excluding hydrogens is 407 g/mol. The van der Waals surface area contributed by atoms with Crippen molar-refractivity contribution in [3.8, 4) is 0 Å². The minimum Gasteiger partial charge on any atom is -0.332 e. The zero-order valence-corrected chi connectivity index (χ0v) is 17.3. The molecular formula is C21H21FN4O3S. The Morgan fingerprint density at radius 1 is 1.23 bits per heavy atom. The fourth-order valence-electron chi connectivity index (χ4n) is 4.69.